The van der Waals surface area contributed by atoms with Gasteiger partial charge >= 0.3 is 0 Å². The second kappa shape index (κ2) is 12.5. The Morgan fingerprint density at radius 2 is 2.00 bits per heavy atom. The first-order valence-corrected chi connectivity index (χ1v) is 8.37. The zero-order chi connectivity index (χ0) is 15.8. The minimum Gasteiger partial charge on any atom is -0.356 e. The average molecular weight is 376 g/mol. The number of hydrogen-bond donors (Lipinski definition) is 2. The van der Waals surface area contributed by atoms with E-state index in [0.717, 1.165) is 39.1 Å². The molecule has 1 fully saturated rings. The summed E-state index contributed by atoms with van der Waals surface area (Å²) in [5.41, 5.74) is 1.40. The van der Waals surface area contributed by atoms with E-state index in [1.54, 1.807) is 0 Å². The van der Waals surface area contributed by atoms with Crippen LogP contribution in [-0.4, -0.2) is 50.6 Å². The number of rotatable bonds is 8. The SMILES string of the molecule is CNCC(C)C(=O)NCC1CCN(CCc2ccccc2)C1.Cl.Cl. The van der Waals surface area contributed by atoms with Gasteiger partial charge in [-0.05, 0) is 37.9 Å². The number of benzene rings is 1. The van der Waals surface area contributed by atoms with Crippen LogP contribution in [0.5, 0.6) is 0 Å². The van der Waals surface area contributed by atoms with E-state index in [1.165, 1.54) is 12.0 Å². The van der Waals surface area contributed by atoms with Crippen molar-refractivity contribution in [3.8, 4) is 0 Å². The number of likely N-dealkylation sites (tertiary alicyclic amines) is 1. The van der Waals surface area contributed by atoms with Crippen LogP contribution in [0.15, 0.2) is 30.3 Å². The molecule has 0 radical (unpaired) electrons. The number of carbonyl (C=O) groups is 1. The van der Waals surface area contributed by atoms with Crippen molar-refractivity contribution in [2.75, 3.05) is 39.8 Å². The van der Waals surface area contributed by atoms with Gasteiger partial charge in [0, 0.05) is 32.1 Å². The van der Waals surface area contributed by atoms with Crippen LogP contribution in [-0.2, 0) is 11.2 Å². The van der Waals surface area contributed by atoms with Crippen molar-refractivity contribution in [1.82, 2.24) is 15.5 Å². The highest BCUT2D eigenvalue weighted by molar-refractivity contribution is 5.85. The lowest BCUT2D eigenvalue weighted by atomic mass is 10.1. The quantitative estimate of drug-likeness (QED) is 0.732. The molecule has 0 spiro atoms. The minimum absolute atomic E-state index is 0. The molecule has 6 heteroatoms. The molecule has 24 heavy (non-hydrogen) atoms. The minimum atomic E-state index is 0. The van der Waals surface area contributed by atoms with Crippen LogP contribution in [0.4, 0.5) is 0 Å². The van der Waals surface area contributed by atoms with Gasteiger partial charge in [0.2, 0.25) is 5.91 Å². The molecule has 2 atom stereocenters. The maximum atomic E-state index is 11.9. The number of nitrogens with one attached hydrogen (secondary N) is 2. The standard InChI is InChI=1S/C18H29N3O.2ClH/c1-15(12-19-2)18(22)20-13-17-9-11-21(14-17)10-8-16-6-4-3-5-7-16;;/h3-7,15,17,19H,8-14H2,1-2H3,(H,20,22);2*1H. The molecular formula is C18H31Cl2N3O. The third-order valence-corrected chi connectivity index (χ3v) is 4.45. The molecular weight excluding hydrogens is 345 g/mol. The van der Waals surface area contributed by atoms with Crippen LogP contribution in [0.2, 0.25) is 0 Å². The Labute approximate surface area is 158 Å². The number of amides is 1. The van der Waals surface area contributed by atoms with Gasteiger partial charge in [0.15, 0.2) is 0 Å². The Bertz CT molecular complexity index is 459. The van der Waals surface area contributed by atoms with Crippen LogP contribution in [0.25, 0.3) is 0 Å². The first-order valence-electron chi connectivity index (χ1n) is 8.37. The highest BCUT2D eigenvalue weighted by Gasteiger charge is 2.23. The van der Waals surface area contributed by atoms with E-state index in [9.17, 15) is 4.79 Å². The van der Waals surface area contributed by atoms with Crippen LogP contribution in [0.3, 0.4) is 0 Å². The fourth-order valence-electron chi connectivity index (χ4n) is 3.03. The number of carbonyl (C=O) groups excluding carboxylic acids is 1. The summed E-state index contributed by atoms with van der Waals surface area (Å²) in [7, 11) is 1.88. The van der Waals surface area contributed by atoms with Crippen molar-refractivity contribution < 1.29 is 4.79 Å². The van der Waals surface area contributed by atoms with Crippen molar-refractivity contribution >= 4 is 30.7 Å². The van der Waals surface area contributed by atoms with E-state index in [1.807, 2.05) is 14.0 Å². The predicted molar refractivity (Wildman–Crippen MR) is 105 cm³/mol. The maximum absolute atomic E-state index is 11.9. The molecule has 4 nitrogen and oxygen atoms in total. The average Bonchev–Trinajstić information content (AvgIpc) is 3.00. The third kappa shape index (κ3) is 7.84. The zero-order valence-corrected chi connectivity index (χ0v) is 16.3. The van der Waals surface area contributed by atoms with Crippen molar-refractivity contribution in [3.63, 3.8) is 0 Å². The van der Waals surface area contributed by atoms with E-state index < -0.39 is 0 Å². The van der Waals surface area contributed by atoms with Gasteiger partial charge in [-0.3, -0.25) is 4.79 Å². The van der Waals surface area contributed by atoms with Gasteiger partial charge in [0.05, 0.1) is 0 Å². The first kappa shape index (κ1) is 23.2. The summed E-state index contributed by atoms with van der Waals surface area (Å²) in [6, 6.07) is 10.6. The lowest BCUT2D eigenvalue weighted by Crippen LogP contribution is -2.37. The molecule has 138 valence electrons. The van der Waals surface area contributed by atoms with Crippen molar-refractivity contribution in [2.24, 2.45) is 11.8 Å². The number of halogens is 2. The fourth-order valence-corrected chi connectivity index (χ4v) is 3.03. The van der Waals surface area contributed by atoms with Crippen LogP contribution in [0.1, 0.15) is 18.9 Å². The van der Waals surface area contributed by atoms with E-state index in [2.05, 4.69) is 45.9 Å². The topological polar surface area (TPSA) is 44.4 Å². The van der Waals surface area contributed by atoms with Gasteiger partial charge in [-0.1, -0.05) is 37.3 Å². The molecule has 2 unspecified atom stereocenters. The van der Waals surface area contributed by atoms with Gasteiger partial charge in [-0.15, -0.1) is 24.8 Å². The molecule has 1 heterocycles. The number of hydrogen-bond acceptors (Lipinski definition) is 3. The molecule has 2 N–H and O–H groups in total. The van der Waals surface area contributed by atoms with Crippen LogP contribution < -0.4 is 10.6 Å². The molecule has 0 bridgehead atoms. The second-order valence-electron chi connectivity index (χ2n) is 6.39. The van der Waals surface area contributed by atoms with Crippen LogP contribution >= 0.6 is 24.8 Å². The monoisotopic (exact) mass is 375 g/mol. The van der Waals surface area contributed by atoms with Gasteiger partial charge in [0.25, 0.3) is 0 Å². The lowest BCUT2D eigenvalue weighted by Gasteiger charge is -2.17. The fraction of sp³-hybridized carbons (Fsp3) is 0.611. The first-order chi connectivity index (χ1) is 10.7. The summed E-state index contributed by atoms with van der Waals surface area (Å²) in [5.74, 6) is 0.805. The predicted octanol–water partition coefficient (Wildman–Crippen LogP) is 2.37. The largest absolute Gasteiger partial charge is 0.356 e. The molecule has 2 rings (SSSR count). The molecule has 0 aliphatic carbocycles. The molecule has 0 aromatic heterocycles. The normalized spacial score (nSPS) is 18.3. The van der Waals surface area contributed by atoms with E-state index in [4.69, 9.17) is 0 Å². The lowest BCUT2D eigenvalue weighted by molar-refractivity contribution is -0.124. The Morgan fingerprint density at radius 1 is 1.29 bits per heavy atom. The molecule has 1 amide bonds. The van der Waals surface area contributed by atoms with Crippen molar-refractivity contribution in [2.45, 2.75) is 19.8 Å². The Morgan fingerprint density at radius 3 is 2.67 bits per heavy atom. The summed E-state index contributed by atoms with van der Waals surface area (Å²) in [6.45, 7) is 6.89. The summed E-state index contributed by atoms with van der Waals surface area (Å²) < 4.78 is 0. The Hall–Kier alpha value is -0.810. The van der Waals surface area contributed by atoms with Crippen LogP contribution in [0, 0.1) is 11.8 Å². The molecule has 1 aliphatic heterocycles. The maximum Gasteiger partial charge on any atom is 0.224 e. The Kier molecular flexibility index (Phi) is 12.1. The highest BCUT2D eigenvalue weighted by Crippen LogP contribution is 2.16. The van der Waals surface area contributed by atoms with E-state index in [-0.39, 0.29) is 36.6 Å². The zero-order valence-electron chi connectivity index (χ0n) is 14.7. The van der Waals surface area contributed by atoms with E-state index >= 15 is 0 Å². The molecule has 1 aromatic rings. The molecule has 0 saturated carbocycles. The van der Waals surface area contributed by atoms with Gasteiger partial charge in [-0.25, -0.2) is 0 Å². The summed E-state index contributed by atoms with van der Waals surface area (Å²) in [4.78, 5) is 14.4. The second-order valence-corrected chi connectivity index (χ2v) is 6.39. The molecule has 1 aromatic carbocycles. The smallest absolute Gasteiger partial charge is 0.224 e. The van der Waals surface area contributed by atoms with Crippen molar-refractivity contribution in [1.29, 1.82) is 0 Å². The summed E-state index contributed by atoms with van der Waals surface area (Å²) in [5, 5.41) is 6.14. The third-order valence-electron chi connectivity index (χ3n) is 4.45. The number of nitrogens with zero attached hydrogens (tertiary/aromatic N) is 1. The summed E-state index contributed by atoms with van der Waals surface area (Å²) >= 11 is 0. The molecule has 1 aliphatic rings. The Balaban J connectivity index is 0.00000264. The van der Waals surface area contributed by atoms with Gasteiger partial charge < -0.3 is 15.5 Å². The van der Waals surface area contributed by atoms with Gasteiger partial charge in [0.1, 0.15) is 0 Å². The van der Waals surface area contributed by atoms with E-state index in [0.29, 0.717) is 5.92 Å². The van der Waals surface area contributed by atoms with Gasteiger partial charge in [-0.2, -0.15) is 0 Å². The summed E-state index contributed by atoms with van der Waals surface area (Å²) in [6.07, 6.45) is 2.30. The highest BCUT2D eigenvalue weighted by atomic mass is 35.5. The van der Waals surface area contributed by atoms with Crippen molar-refractivity contribution in [3.05, 3.63) is 35.9 Å². The molecule has 1 saturated heterocycles.